The molecule has 3 rings (SSSR count). The number of rotatable bonds is 5. The maximum absolute atomic E-state index is 12.1. The van der Waals surface area contributed by atoms with Gasteiger partial charge in [-0.05, 0) is 31.2 Å². The van der Waals surface area contributed by atoms with Gasteiger partial charge in [-0.15, -0.1) is 22.6 Å². The zero-order chi connectivity index (χ0) is 14.8. The lowest BCUT2D eigenvalue weighted by atomic mass is 10.0. The molecule has 0 spiro atoms. The number of hydrogen-bond acceptors (Lipinski definition) is 4. The summed E-state index contributed by atoms with van der Waals surface area (Å²) in [5.74, 6) is -0.219. The van der Waals surface area contributed by atoms with Crippen molar-refractivity contribution in [2.75, 3.05) is 5.73 Å². The van der Waals surface area contributed by atoms with Crippen LogP contribution in [-0.2, 0) is 6.42 Å². The van der Waals surface area contributed by atoms with E-state index in [2.05, 4.69) is 28.5 Å². The number of amides is 1. The van der Waals surface area contributed by atoms with Gasteiger partial charge in [0.05, 0.1) is 11.2 Å². The zero-order valence-corrected chi connectivity index (χ0v) is 13.4. The summed E-state index contributed by atoms with van der Waals surface area (Å²) in [4.78, 5) is 12.1. The summed E-state index contributed by atoms with van der Waals surface area (Å²) in [5, 5.41) is 12.0. The van der Waals surface area contributed by atoms with Crippen molar-refractivity contribution >= 4 is 34.9 Å². The van der Waals surface area contributed by atoms with Gasteiger partial charge in [0, 0.05) is 11.4 Å². The topological polar surface area (TPSA) is 80.9 Å². The van der Waals surface area contributed by atoms with Gasteiger partial charge in [0.2, 0.25) is 0 Å². The molecule has 1 heterocycles. The summed E-state index contributed by atoms with van der Waals surface area (Å²) in [6, 6.07) is 6.21. The molecule has 1 aliphatic rings. The van der Waals surface area contributed by atoms with Gasteiger partial charge >= 0.3 is 0 Å². The lowest BCUT2D eigenvalue weighted by Crippen LogP contribution is -2.27. The molecular formula is C16H21ClN4O. The lowest BCUT2D eigenvalue weighted by molar-refractivity contribution is 0.0946. The summed E-state index contributed by atoms with van der Waals surface area (Å²) < 4.78 is 0. The molecule has 2 aromatic rings. The third-order valence-corrected chi connectivity index (χ3v) is 3.84. The van der Waals surface area contributed by atoms with E-state index in [1.165, 1.54) is 0 Å². The van der Waals surface area contributed by atoms with Gasteiger partial charge in [0.25, 0.3) is 5.91 Å². The number of unbranched alkanes of at least 4 members (excludes halogenated alkanes) is 1. The number of anilines is 1. The van der Waals surface area contributed by atoms with E-state index in [0.717, 1.165) is 48.6 Å². The average Bonchev–Trinajstić information content (AvgIpc) is 3.29. The molecule has 1 amide bonds. The highest BCUT2D eigenvalue weighted by Crippen LogP contribution is 2.26. The van der Waals surface area contributed by atoms with Gasteiger partial charge in [-0.1, -0.05) is 31.5 Å². The Morgan fingerprint density at radius 2 is 2.14 bits per heavy atom. The van der Waals surface area contributed by atoms with Crippen LogP contribution in [0.15, 0.2) is 18.2 Å². The largest absolute Gasteiger partial charge is 0.396 e. The number of nitrogen functional groups attached to an aromatic ring is 1. The van der Waals surface area contributed by atoms with Crippen LogP contribution < -0.4 is 11.1 Å². The molecule has 0 aliphatic heterocycles. The fourth-order valence-electron chi connectivity index (χ4n) is 2.43. The number of carbonyl (C=O) groups is 1. The second-order valence-corrected chi connectivity index (χ2v) is 5.63. The van der Waals surface area contributed by atoms with Crippen LogP contribution in [-0.4, -0.2) is 22.1 Å². The Labute approximate surface area is 136 Å². The highest BCUT2D eigenvalue weighted by molar-refractivity contribution is 6.05. The first kappa shape index (κ1) is 16.5. The average molecular weight is 321 g/mol. The number of hydrogen-bond donors (Lipinski definition) is 2. The van der Waals surface area contributed by atoms with E-state index in [9.17, 15) is 4.79 Å². The van der Waals surface area contributed by atoms with Crippen LogP contribution in [0.25, 0.3) is 10.9 Å². The number of nitrogens with one attached hydrogen (secondary N) is 1. The van der Waals surface area contributed by atoms with E-state index in [-0.39, 0.29) is 30.0 Å². The second-order valence-electron chi connectivity index (χ2n) is 5.63. The Balaban J connectivity index is 0.00000176. The number of fused-ring (bicyclic) bond motifs is 1. The van der Waals surface area contributed by atoms with E-state index < -0.39 is 0 Å². The maximum Gasteiger partial charge on any atom is 0.274 e. The Morgan fingerprint density at radius 1 is 1.36 bits per heavy atom. The van der Waals surface area contributed by atoms with Gasteiger partial charge < -0.3 is 11.1 Å². The molecule has 0 bridgehead atoms. The summed E-state index contributed by atoms with van der Waals surface area (Å²) in [5.41, 5.74) is 8.77. The number of aryl methyl sites for hydroxylation is 1. The molecule has 1 aromatic carbocycles. The van der Waals surface area contributed by atoms with Crippen molar-refractivity contribution in [2.45, 2.75) is 45.1 Å². The molecule has 0 saturated heterocycles. The molecule has 1 aliphatic carbocycles. The molecule has 0 unspecified atom stereocenters. The van der Waals surface area contributed by atoms with E-state index in [1.807, 2.05) is 12.1 Å². The molecule has 1 saturated carbocycles. The first-order chi connectivity index (χ1) is 10.2. The minimum atomic E-state index is -0.219. The lowest BCUT2D eigenvalue weighted by Gasteiger charge is -2.10. The zero-order valence-electron chi connectivity index (χ0n) is 12.6. The third-order valence-electron chi connectivity index (χ3n) is 3.84. The van der Waals surface area contributed by atoms with Gasteiger partial charge in [-0.3, -0.25) is 4.79 Å². The van der Waals surface area contributed by atoms with Crippen molar-refractivity contribution in [1.82, 2.24) is 15.5 Å². The fraction of sp³-hybridized carbons (Fsp3) is 0.438. The van der Waals surface area contributed by atoms with Crippen LogP contribution in [0.3, 0.4) is 0 Å². The van der Waals surface area contributed by atoms with Gasteiger partial charge in [0.1, 0.15) is 0 Å². The molecule has 1 fully saturated rings. The van der Waals surface area contributed by atoms with Gasteiger partial charge in [-0.2, -0.15) is 0 Å². The van der Waals surface area contributed by atoms with Gasteiger partial charge in [0.15, 0.2) is 5.69 Å². The molecule has 22 heavy (non-hydrogen) atoms. The Hall–Kier alpha value is -1.88. The summed E-state index contributed by atoms with van der Waals surface area (Å²) in [6.45, 7) is 2.16. The molecule has 3 N–H and O–H groups in total. The Kier molecular flexibility index (Phi) is 5.19. The van der Waals surface area contributed by atoms with Crippen molar-refractivity contribution in [3.05, 3.63) is 29.5 Å². The Bertz CT molecular complexity index is 685. The predicted molar refractivity (Wildman–Crippen MR) is 90.3 cm³/mol. The van der Waals surface area contributed by atoms with E-state index >= 15 is 0 Å². The molecule has 0 radical (unpaired) electrons. The summed E-state index contributed by atoms with van der Waals surface area (Å²) in [6.07, 6.45) is 5.25. The number of benzene rings is 1. The second kappa shape index (κ2) is 6.92. The number of nitrogens with two attached hydrogens (primary N) is 1. The third kappa shape index (κ3) is 3.30. The predicted octanol–water partition coefficient (Wildman–Crippen LogP) is 2.87. The van der Waals surface area contributed by atoms with Crippen LogP contribution >= 0.6 is 12.4 Å². The fourth-order valence-corrected chi connectivity index (χ4v) is 2.43. The number of nitrogens with zero attached hydrogens (tertiary/aromatic N) is 2. The quantitative estimate of drug-likeness (QED) is 0.887. The summed E-state index contributed by atoms with van der Waals surface area (Å²) in [7, 11) is 0. The Morgan fingerprint density at radius 3 is 2.82 bits per heavy atom. The van der Waals surface area contributed by atoms with Crippen molar-refractivity contribution in [3.63, 3.8) is 0 Å². The van der Waals surface area contributed by atoms with E-state index in [1.54, 1.807) is 0 Å². The van der Waals surface area contributed by atoms with Crippen LogP contribution in [0.5, 0.6) is 0 Å². The van der Waals surface area contributed by atoms with Crippen molar-refractivity contribution < 1.29 is 4.79 Å². The molecule has 6 heteroatoms. The van der Waals surface area contributed by atoms with Crippen LogP contribution in [0.4, 0.5) is 5.69 Å². The monoisotopic (exact) mass is 320 g/mol. The van der Waals surface area contributed by atoms with Crippen molar-refractivity contribution in [1.29, 1.82) is 0 Å². The molecular weight excluding hydrogens is 300 g/mol. The number of halogens is 1. The van der Waals surface area contributed by atoms with Crippen molar-refractivity contribution in [2.24, 2.45) is 0 Å². The standard InChI is InChI=1S/C16H20N4O.ClH/c1-2-3-5-10-6-4-7-12-13(17)15(20-19-14(10)12)16(21)18-11-8-9-11;/h4,6-7,11H,2-3,5,8-9H2,1H3,(H2,17,19)(H,18,21);1H. The van der Waals surface area contributed by atoms with E-state index in [4.69, 9.17) is 5.73 Å². The van der Waals surface area contributed by atoms with Crippen LogP contribution in [0.1, 0.15) is 48.7 Å². The number of carbonyl (C=O) groups excluding carboxylic acids is 1. The SMILES string of the molecule is CCCCc1cccc2c(N)c(C(=O)NC3CC3)nnc12.Cl. The van der Waals surface area contributed by atoms with Crippen LogP contribution in [0.2, 0.25) is 0 Å². The van der Waals surface area contributed by atoms with Crippen LogP contribution in [0, 0.1) is 0 Å². The molecule has 118 valence electrons. The highest BCUT2D eigenvalue weighted by atomic mass is 35.5. The maximum atomic E-state index is 12.1. The minimum Gasteiger partial charge on any atom is -0.396 e. The molecule has 5 nitrogen and oxygen atoms in total. The van der Waals surface area contributed by atoms with Crippen molar-refractivity contribution in [3.8, 4) is 0 Å². The first-order valence-electron chi connectivity index (χ1n) is 7.55. The number of aromatic nitrogens is 2. The minimum absolute atomic E-state index is 0. The normalized spacial score (nSPS) is 13.7. The van der Waals surface area contributed by atoms with Gasteiger partial charge in [-0.25, -0.2) is 0 Å². The highest BCUT2D eigenvalue weighted by Gasteiger charge is 2.26. The first-order valence-corrected chi connectivity index (χ1v) is 7.55. The summed E-state index contributed by atoms with van der Waals surface area (Å²) >= 11 is 0. The molecule has 0 atom stereocenters. The molecule has 1 aromatic heterocycles. The van der Waals surface area contributed by atoms with E-state index in [0.29, 0.717) is 5.69 Å². The smallest absolute Gasteiger partial charge is 0.274 e.